The first-order valence-corrected chi connectivity index (χ1v) is 9.79. The minimum atomic E-state index is 0.519. The molecule has 0 fully saturated rings. The molecule has 2 heteroatoms. The van der Waals surface area contributed by atoms with Gasteiger partial charge in [-0.05, 0) is 60.9 Å². The highest BCUT2D eigenvalue weighted by atomic mass is 14.9. The second kappa shape index (κ2) is 8.64. The van der Waals surface area contributed by atoms with Crippen LogP contribution in [0.4, 0.5) is 0 Å². The molecule has 0 saturated heterocycles. The van der Waals surface area contributed by atoms with Gasteiger partial charge < -0.3 is 11.1 Å². The van der Waals surface area contributed by atoms with E-state index in [2.05, 4.69) is 67.7 Å². The molecule has 2 aromatic rings. The molecular formula is C23H32N2. The Labute approximate surface area is 152 Å². The van der Waals surface area contributed by atoms with Crippen molar-refractivity contribution in [3.05, 3.63) is 70.8 Å². The highest BCUT2D eigenvalue weighted by molar-refractivity contribution is 5.39. The van der Waals surface area contributed by atoms with Crippen LogP contribution in [0.5, 0.6) is 0 Å². The molecule has 3 N–H and O–H groups in total. The summed E-state index contributed by atoms with van der Waals surface area (Å²) in [4.78, 5) is 0. The van der Waals surface area contributed by atoms with Crippen LogP contribution in [0.25, 0.3) is 0 Å². The second-order valence-electron chi connectivity index (χ2n) is 7.69. The lowest BCUT2D eigenvalue weighted by molar-refractivity contribution is 0.359. The van der Waals surface area contributed by atoms with E-state index in [4.69, 9.17) is 5.73 Å². The Bertz CT molecular complexity index is 663. The molecule has 25 heavy (non-hydrogen) atoms. The zero-order valence-electron chi connectivity index (χ0n) is 15.7. The molecule has 2 unspecified atom stereocenters. The molecule has 0 amide bonds. The minimum absolute atomic E-state index is 0.519. The Morgan fingerprint density at radius 3 is 2.60 bits per heavy atom. The van der Waals surface area contributed by atoms with Gasteiger partial charge in [0.15, 0.2) is 0 Å². The Balaban J connectivity index is 1.91. The van der Waals surface area contributed by atoms with Gasteiger partial charge in [-0.2, -0.15) is 0 Å². The van der Waals surface area contributed by atoms with Crippen LogP contribution in [0, 0.1) is 0 Å². The van der Waals surface area contributed by atoms with Gasteiger partial charge in [0.05, 0.1) is 0 Å². The van der Waals surface area contributed by atoms with Crippen LogP contribution in [0.3, 0.4) is 0 Å². The van der Waals surface area contributed by atoms with Crippen molar-refractivity contribution in [1.82, 2.24) is 5.32 Å². The summed E-state index contributed by atoms with van der Waals surface area (Å²) in [6.45, 7) is 5.28. The van der Waals surface area contributed by atoms with Gasteiger partial charge in [-0.25, -0.2) is 0 Å². The number of hydrogen-bond acceptors (Lipinski definition) is 2. The summed E-state index contributed by atoms with van der Waals surface area (Å²) in [5.41, 5.74) is 11.7. The van der Waals surface area contributed by atoms with Gasteiger partial charge in [0.25, 0.3) is 0 Å². The Morgan fingerprint density at radius 1 is 1.08 bits per heavy atom. The zero-order valence-corrected chi connectivity index (χ0v) is 15.7. The molecule has 0 bridgehead atoms. The van der Waals surface area contributed by atoms with Crippen LogP contribution in [0.2, 0.25) is 0 Å². The Kier molecular flexibility index (Phi) is 6.28. The minimum Gasteiger partial charge on any atom is -0.330 e. The number of fused-ring (bicyclic) bond motifs is 1. The first kappa shape index (κ1) is 18.2. The largest absolute Gasteiger partial charge is 0.330 e. The normalized spacial score (nSPS) is 19.8. The number of rotatable bonds is 7. The number of aryl methyl sites for hydroxylation is 2. The lowest BCUT2D eigenvalue weighted by Crippen LogP contribution is -2.42. The first-order chi connectivity index (χ1) is 12.2. The van der Waals surface area contributed by atoms with Crippen molar-refractivity contribution in [3.63, 3.8) is 0 Å². The van der Waals surface area contributed by atoms with E-state index in [1.807, 2.05) is 0 Å². The summed E-state index contributed by atoms with van der Waals surface area (Å²) in [7, 11) is 0. The summed E-state index contributed by atoms with van der Waals surface area (Å²) in [6, 6.07) is 19.2. The Morgan fingerprint density at radius 2 is 1.88 bits per heavy atom. The van der Waals surface area contributed by atoms with Gasteiger partial charge in [-0.15, -0.1) is 0 Å². The zero-order chi connectivity index (χ0) is 17.6. The van der Waals surface area contributed by atoms with Crippen molar-refractivity contribution in [3.8, 4) is 0 Å². The van der Waals surface area contributed by atoms with Crippen molar-refractivity contribution in [2.24, 2.45) is 5.73 Å². The van der Waals surface area contributed by atoms with Gasteiger partial charge in [-0.1, -0.05) is 62.4 Å². The fraction of sp³-hybridized carbons (Fsp3) is 0.478. The van der Waals surface area contributed by atoms with E-state index in [1.165, 1.54) is 24.0 Å². The van der Waals surface area contributed by atoms with Crippen molar-refractivity contribution < 1.29 is 0 Å². The second-order valence-corrected chi connectivity index (χ2v) is 7.69. The maximum atomic E-state index is 5.71. The maximum Gasteiger partial charge on any atom is 0.0145 e. The molecular weight excluding hydrogens is 304 g/mol. The molecule has 2 nitrogen and oxygen atoms in total. The quantitative estimate of drug-likeness (QED) is 0.794. The van der Waals surface area contributed by atoms with E-state index in [0.717, 1.165) is 25.8 Å². The van der Waals surface area contributed by atoms with E-state index >= 15 is 0 Å². The van der Waals surface area contributed by atoms with Crippen LogP contribution in [0.1, 0.15) is 54.9 Å². The summed E-state index contributed by atoms with van der Waals surface area (Å²) in [5.74, 6) is 0.548. The van der Waals surface area contributed by atoms with Crippen molar-refractivity contribution >= 4 is 0 Å². The van der Waals surface area contributed by atoms with Gasteiger partial charge in [0, 0.05) is 18.0 Å². The highest BCUT2D eigenvalue weighted by Gasteiger charge is 2.30. The topological polar surface area (TPSA) is 38.0 Å². The lowest BCUT2D eigenvalue weighted by Gasteiger charge is -2.36. The third-order valence-electron chi connectivity index (χ3n) is 5.34. The molecule has 0 saturated carbocycles. The summed E-state index contributed by atoms with van der Waals surface area (Å²) < 4.78 is 0. The fourth-order valence-corrected chi connectivity index (χ4v) is 4.16. The molecule has 0 aromatic heterocycles. The van der Waals surface area contributed by atoms with Gasteiger partial charge >= 0.3 is 0 Å². The number of hydrogen-bond donors (Lipinski definition) is 2. The molecule has 0 spiro atoms. The summed E-state index contributed by atoms with van der Waals surface area (Å²) in [5, 5.41) is 3.84. The summed E-state index contributed by atoms with van der Waals surface area (Å²) in [6.07, 6.45) is 5.67. The van der Waals surface area contributed by atoms with Crippen LogP contribution in [-0.4, -0.2) is 18.6 Å². The first-order valence-electron chi connectivity index (χ1n) is 9.79. The van der Waals surface area contributed by atoms with Crippen LogP contribution < -0.4 is 11.1 Å². The highest BCUT2D eigenvalue weighted by Crippen LogP contribution is 2.35. The predicted molar refractivity (Wildman–Crippen MR) is 107 cm³/mol. The van der Waals surface area contributed by atoms with E-state index < -0.39 is 0 Å². The van der Waals surface area contributed by atoms with E-state index in [0.29, 0.717) is 18.0 Å². The average molecular weight is 337 g/mol. The van der Waals surface area contributed by atoms with Gasteiger partial charge in [0.2, 0.25) is 0 Å². The van der Waals surface area contributed by atoms with Crippen LogP contribution >= 0.6 is 0 Å². The monoisotopic (exact) mass is 336 g/mol. The average Bonchev–Trinajstić information content (AvgIpc) is 2.62. The van der Waals surface area contributed by atoms with Gasteiger partial charge in [-0.3, -0.25) is 0 Å². The Hall–Kier alpha value is -1.64. The standard InChI is InChI=1S/C23H32N2/c1-17(2)25-23-13-12-20-11-10-19(9-6-14-24)15-21(20)22(23)16-18-7-4-3-5-8-18/h3-5,7-8,10-11,15,17,22-23,25H,6,9,12-14,16,24H2,1-2H3. The number of nitrogens with two attached hydrogens (primary N) is 1. The SMILES string of the molecule is CC(C)NC1CCc2ccc(CCCN)cc2C1Cc1ccccc1. The lowest BCUT2D eigenvalue weighted by atomic mass is 9.75. The molecule has 1 aliphatic rings. The third kappa shape index (κ3) is 4.71. The van der Waals surface area contributed by atoms with E-state index in [-0.39, 0.29) is 0 Å². The predicted octanol–water partition coefficient (Wildman–Crippen LogP) is 4.22. The van der Waals surface area contributed by atoms with Crippen molar-refractivity contribution in [2.75, 3.05) is 6.54 Å². The number of benzene rings is 2. The van der Waals surface area contributed by atoms with E-state index in [9.17, 15) is 0 Å². The molecule has 1 aliphatic carbocycles. The maximum absolute atomic E-state index is 5.71. The molecule has 2 aromatic carbocycles. The molecule has 3 rings (SSSR count). The third-order valence-corrected chi connectivity index (χ3v) is 5.34. The number of nitrogens with one attached hydrogen (secondary N) is 1. The van der Waals surface area contributed by atoms with Crippen LogP contribution in [0.15, 0.2) is 48.5 Å². The van der Waals surface area contributed by atoms with Crippen molar-refractivity contribution in [2.45, 2.75) is 64.0 Å². The van der Waals surface area contributed by atoms with Gasteiger partial charge in [0.1, 0.15) is 0 Å². The molecule has 2 atom stereocenters. The molecule has 0 radical (unpaired) electrons. The van der Waals surface area contributed by atoms with Crippen molar-refractivity contribution in [1.29, 1.82) is 0 Å². The van der Waals surface area contributed by atoms with E-state index in [1.54, 1.807) is 11.1 Å². The fourth-order valence-electron chi connectivity index (χ4n) is 4.16. The molecule has 134 valence electrons. The molecule has 0 aliphatic heterocycles. The van der Waals surface area contributed by atoms with Crippen LogP contribution in [-0.2, 0) is 19.3 Å². The smallest absolute Gasteiger partial charge is 0.0145 e. The molecule has 0 heterocycles. The summed E-state index contributed by atoms with van der Waals surface area (Å²) >= 11 is 0.